The molecule has 6 nitrogen and oxygen atoms in total. The van der Waals surface area contributed by atoms with Gasteiger partial charge in [-0.1, -0.05) is 19.9 Å². The molecule has 0 aliphatic heterocycles. The van der Waals surface area contributed by atoms with E-state index in [2.05, 4.69) is 15.7 Å². The van der Waals surface area contributed by atoms with Gasteiger partial charge in [0.25, 0.3) is 5.91 Å². The zero-order valence-corrected chi connectivity index (χ0v) is 16.0. The maximum Gasteiger partial charge on any atom is 0.262 e. The molecule has 0 spiro atoms. The van der Waals surface area contributed by atoms with Crippen LogP contribution in [0.1, 0.15) is 41.3 Å². The summed E-state index contributed by atoms with van der Waals surface area (Å²) in [7, 11) is 0. The van der Waals surface area contributed by atoms with Gasteiger partial charge in [-0.3, -0.25) is 14.3 Å². The third-order valence-electron chi connectivity index (χ3n) is 3.93. The lowest BCUT2D eigenvalue weighted by molar-refractivity contribution is -0.123. The summed E-state index contributed by atoms with van der Waals surface area (Å²) >= 11 is 1.37. The average Bonchev–Trinajstić information content (AvgIpc) is 3.18. The number of rotatable bonds is 8. The lowest BCUT2D eigenvalue weighted by atomic mass is 10.0. The van der Waals surface area contributed by atoms with Gasteiger partial charge >= 0.3 is 0 Å². The van der Waals surface area contributed by atoms with E-state index < -0.39 is 6.04 Å². The molecule has 2 N–H and O–H groups in total. The van der Waals surface area contributed by atoms with Crippen LogP contribution < -0.4 is 10.6 Å². The molecule has 7 heteroatoms. The first kappa shape index (κ1) is 19.2. The summed E-state index contributed by atoms with van der Waals surface area (Å²) in [5.41, 5.74) is 2.12. The second-order valence-corrected chi connectivity index (χ2v) is 7.41. The normalized spacial score (nSPS) is 12.2. The van der Waals surface area contributed by atoms with Crippen molar-refractivity contribution in [2.24, 2.45) is 5.92 Å². The van der Waals surface area contributed by atoms with Crippen molar-refractivity contribution in [1.29, 1.82) is 0 Å². The van der Waals surface area contributed by atoms with Crippen molar-refractivity contribution in [1.82, 2.24) is 20.4 Å². The van der Waals surface area contributed by atoms with Crippen LogP contribution in [0.5, 0.6) is 0 Å². The van der Waals surface area contributed by atoms with Crippen LogP contribution >= 0.6 is 11.3 Å². The van der Waals surface area contributed by atoms with E-state index in [1.807, 2.05) is 49.9 Å². The lowest BCUT2D eigenvalue weighted by Crippen LogP contribution is -2.49. The quantitative estimate of drug-likeness (QED) is 0.709. The minimum absolute atomic E-state index is 0.0138. The zero-order chi connectivity index (χ0) is 18.4. The summed E-state index contributed by atoms with van der Waals surface area (Å²) in [6.07, 6.45) is 0.789. The van der Waals surface area contributed by atoms with Crippen LogP contribution in [-0.2, 0) is 11.3 Å². The second-order valence-electron chi connectivity index (χ2n) is 6.47. The van der Waals surface area contributed by atoms with Crippen molar-refractivity contribution >= 4 is 23.2 Å². The van der Waals surface area contributed by atoms with Crippen molar-refractivity contribution in [3.8, 4) is 0 Å². The van der Waals surface area contributed by atoms with E-state index in [4.69, 9.17) is 0 Å². The molecular formula is C18H26N4O2S. The molecule has 0 bridgehead atoms. The number of aromatic nitrogens is 2. The van der Waals surface area contributed by atoms with Crippen molar-refractivity contribution in [3.63, 3.8) is 0 Å². The molecule has 0 unspecified atom stereocenters. The summed E-state index contributed by atoms with van der Waals surface area (Å²) in [6, 6.07) is 5.07. The van der Waals surface area contributed by atoms with Crippen LogP contribution in [0, 0.1) is 19.8 Å². The number of nitrogens with one attached hydrogen (secondary N) is 2. The molecule has 25 heavy (non-hydrogen) atoms. The molecule has 136 valence electrons. The van der Waals surface area contributed by atoms with Gasteiger partial charge in [-0.2, -0.15) is 5.10 Å². The molecule has 0 aliphatic carbocycles. The molecule has 0 saturated heterocycles. The highest BCUT2D eigenvalue weighted by Gasteiger charge is 2.24. The first-order valence-corrected chi connectivity index (χ1v) is 9.39. The maximum absolute atomic E-state index is 12.4. The molecule has 0 saturated carbocycles. The van der Waals surface area contributed by atoms with Gasteiger partial charge in [0.05, 0.1) is 10.6 Å². The van der Waals surface area contributed by atoms with Gasteiger partial charge in [-0.25, -0.2) is 0 Å². The molecule has 2 amide bonds. The Kier molecular flexibility index (Phi) is 6.75. The highest BCUT2D eigenvalue weighted by Crippen LogP contribution is 2.10. The summed E-state index contributed by atoms with van der Waals surface area (Å²) in [5.74, 6) is -0.334. The molecule has 2 aromatic rings. The van der Waals surface area contributed by atoms with E-state index >= 15 is 0 Å². The van der Waals surface area contributed by atoms with Crippen LogP contribution in [0.3, 0.4) is 0 Å². The van der Waals surface area contributed by atoms with Crippen LogP contribution in [0.15, 0.2) is 23.6 Å². The number of carbonyl (C=O) groups is 2. The predicted octanol–water partition coefficient (Wildman–Crippen LogP) is 2.52. The standard InChI is InChI=1S/C18H26N4O2S/c1-12(2)16(20-17(23)15-7-5-10-25-15)18(24)19-8-6-9-22-14(4)11-13(3)21-22/h5,7,10-12,16H,6,8-9H2,1-4H3,(H,19,24)(H,20,23)/t16-/m1/s1. The van der Waals surface area contributed by atoms with Crippen molar-refractivity contribution in [2.75, 3.05) is 6.54 Å². The maximum atomic E-state index is 12.4. The second kappa shape index (κ2) is 8.80. The molecule has 0 fully saturated rings. The minimum Gasteiger partial charge on any atom is -0.354 e. The number of nitrogens with zero attached hydrogens (tertiary/aromatic N) is 2. The highest BCUT2D eigenvalue weighted by atomic mass is 32.1. The topological polar surface area (TPSA) is 76.0 Å². The number of hydrogen-bond acceptors (Lipinski definition) is 4. The van der Waals surface area contributed by atoms with Gasteiger partial charge in [-0.15, -0.1) is 11.3 Å². The van der Waals surface area contributed by atoms with Crippen LogP contribution in [0.25, 0.3) is 0 Å². The first-order chi connectivity index (χ1) is 11.9. The predicted molar refractivity (Wildman–Crippen MR) is 99.7 cm³/mol. The molecular weight excluding hydrogens is 336 g/mol. The van der Waals surface area contributed by atoms with E-state index in [1.54, 1.807) is 6.07 Å². The number of carbonyl (C=O) groups excluding carboxylic acids is 2. The molecule has 0 radical (unpaired) electrons. The van der Waals surface area contributed by atoms with Gasteiger partial charge in [0, 0.05) is 18.8 Å². The van der Waals surface area contributed by atoms with Crippen molar-refractivity contribution in [2.45, 2.75) is 46.7 Å². The summed E-state index contributed by atoms with van der Waals surface area (Å²) in [6.45, 7) is 9.15. The van der Waals surface area contributed by atoms with Gasteiger partial charge in [0.15, 0.2) is 0 Å². The number of hydrogen-bond donors (Lipinski definition) is 2. The fourth-order valence-electron chi connectivity index (χ4n) is 2.61. The lowest BCUT2D eigenvalue weighted by Gasteiger charge is -2.21. The summed E-state index contributed by atoms with van der Waals surface area (Å²) in [5, 5.41) is 12.0. The fourth-order valence-corrected chi connectivity index (χ4v) is 3.23. The molecule has 2 aromatic heterocycles. The van der Waals surface area contributed by atoms with E-state index in [0.29, 0.717) is 11.4 Å². The van der Waals surface area contributed by atoms with E-state index in [9.17, 15) is 9.59 Å². The van der Waals surface area contributed by atoms with Crippen molar-refractivity contribution < 1.29 is 9.59 Å². The van der Waals surface area contributed by atoms with Crippen molar-refractivity contribution in [3.05, 3.63) is 39.8 Å². The largest absolute Gasteiger partial charge is 0.354 e. The smallest absolute Gasteiger partial charge is 0.262 e. The Morgan fingerprint density at radius 3 is 2.64 bits per heavy atom. The summed E-state index contributed by atoms with van der Waals surface area (Å²) in [4.78, 5) is 25.2. The minimum atomic E-state index is -0.539. The van der Waals surface area contributed by atoms with E-state index in [0.717, 1.165) is 24.4 Å². The number of amides is 2. The number of aryl methyl sites for hydroxylation is 3. The van der Waals surface area contributed by atoms with E-state index in [1.165, 1.54) is 11.3 Å². The Balaban J connectivity index is 1.81. The molecule has 0 aliphatic rings. The molecule has 2 rings (SSSR count). The van der Waals surface area contributed by atoms with Crippen LogP contribution in [0.4, 0.5) is 0 Å². The van der Waals surface area contributed by atoms with Crippen LogP contribution in [-0.4, -0.2) is 34.2 Å². The monoisotopic (exact) mass is 362 g/mol. The third kappa shape index (κ3) is 5.42. The fraction of sp³-hybridized carbons (Fsp3) is 0.500. The Morgan fingerprint density at radius 1 is 1.32 bits per heavy atom. The average molecular weight is 362 g/mol. The van der Waals surface area contributed by atoms with Gasteiger partial charge in [-0.05, 0) is 43.7 Å². The summed E-state index contributed by atoms with van der Waals surface area (Å²) < 4.78 is 1.94. The van der Waals surface area contributed by atoms with Gasteiger partial charge in [0.1, 0.15) is 6.04 Å². The Bertz CT molecular complexity index is 707. The van der Waals surface area contributed by atoms with E-state index in [-0.39, 0.29) is 17.7 Å². The van der Waals surface area contributed by atoms with Gasteiger partial charge in [0.2, 0.25) is 5.91 Å². The Labute approximate surface area is 152 Å². The first-order valence-electron chi connectivity index (χ1n) is 8.51. The Morgan fingerprint density at radius 2 is 2.08 bits per heavy atom. The molecule has 1 atom stereocenters. The zero-order valence-electron chi connectivity index (χ0n) is 15.2. The SMILES string of the molecule is Cc1cc(C)n(CCCNC(=O)[C@H](NC(=O)c2cccs2)C(C)C)n1. The van der Waals surface area contributed by atoms with Crippen LogP contribution in [0.2, 0.25) is 0 Å². The Hall–Kier alpha value is -2.15. The van der Waals surface area contributed by atoms with Gasteiger partial charge < -0.3 is 10.6 Å². The third-order valence-corrected chi connectivity index (χ3v) is 4.80. The molecule has 2 heterocycles. The highest BCUT2D eigenvalue weighted by molar-refractivity contribution is 7.12. The number of thiophene rings is 1. The molecule has 0 aromatic carbocycles.